The topological polar surface area (TPSA) is 99.4 Å². The summed E-state index contributed by atoms with van der Waals surface area (Å²) in [5.41, 5.74) is 2.08. The lowest BCUT2D eigenvalue weighted by molar-refractivity contribution is -0.348. The second-order valence-corrected chi connectivity index (χ2v) is 14.9. The molecule has 1 heterocycles. The minimum Gasteiger partial charge on any atom is -0.387 e. The van der Waals surface area contributed by atoms with Gasteiger partial charge in [-0.25, -0.2) is 0 Å². The maximum atomic E-state index is 10.4. The Morgan fingerprint density at radius 2 is 1.70 bits per heavy atom. The molecule has 5 aliphatic rings. The molecule has 1 saturated heterocycles. The monoisotopic (exact) mass is 560 g/mol. The number of aliphatic hydroxyl groups is 4. The Morgan fingerprint density at radius 3 is 2.40 bits per heavy atom. The number of rotatable bonds is 7. The zero-order chi connectivity index (χ0) is 29.0. The Morgan fingerprint density at radius 1 is 0.950 bits per heavy atom. The van der Waals surface area contributed by atoms with Gasteiger partial charge in [0, 0.05) is 0 Å². The van der Waals surface area contributed by atoms with Gasteiger partial charge in [0.25, 0.3) is 0 Å². The third kappa shape index (κ3) is 5.28. The summed E-state index contributed by atoms with van der Waals surface area (Å²) in [4.78, 5) is 0. The summed E-state index contributed by atoms with van der Waals surface area (Å²) in [6.45, 7) is 14.6. The van der Waals surface area contributed by atoms with Crippen LogP contribution in [0.4, 0.5) is 0 Å². The highest BCUT2D eigenvalue weighted by atomic mass is 16.7. The average molecular weight is 561 g/mol. The van der Waals surface area contributed by atoms with Crippen LogP contribution in [0.15, 0.2) is 23.8 Å². The first-order valence-corrected chi connectivity index (χ1v) is 16.3. The van der Waals surface area contributed by atoms with Gasteiger partial charge < -0.3 is 29.9 Å². The van der Waals surface area contributed by atoms with E-state index in [0.29, 0.717) is 29.1 Å². The molecule has 6 nitrogen and oxygen atoms in total. The van der Waals surface area contributed by atoms with Gasteiger partial charge in [0.2, 0.25) is 0 Å². The van der Waals surface area contributed by atoms with E-state index in [1.54, 1.807) is 0 Å². The van der Waals surface area contributed by atoms with Crippen LogP contribution in [0.25, 0.3) is 0 Å². The molecule has 4 N–H and O–H groups in total. The summed E-state index contributed by atoms with van der Waals surface area (Å²) in [5, 5.41) is 40.2. The van der Waals surface area contributed by atoms with Gasteiger partial charge in [0.05, 0.1) is 6.10 Å². The quantitative estimate of drug-likeness (QED) is 0.303. The summed E-state index contributed by atoms with van der Waals surface area (Å²) >= 11 is 0. The Hall–Kier alpha value is -0.760. The van der Waals surface area contributed by atoms with E-state index in [0.717, 1.165) is 43.4 Å². The van der Waals surface area contributed by atoms with Crippen molar-refractivity contribution in [2.24, 2.45) is 52.3 Å². The van der Waals surface area contributed by atoms with E-state index < -0.39 is 30.9 Å². The summed E-state index contributed by atoms with van der Waals surface area (Å²) < 4.78 is 11.4. The van der Waals surface area contributed by atoms with Crippen LogP contribution in [0.5, 0.6) is 0 Å². The molecule has 4 aliphatic carbocycles. The first-order valence-electron chi connectivity index (χ1n) is 16.3. The third-order valence-electron chi connectivity index (χ3n) is 12.6. The van der Waals surface area contributed by atoms with E-state index in [-0.39, 0.29) is 11.5 Å². The van der Waals surface area contributed by atoms with Crippen molar-refractivity contribution in [1.29, 1.82) is 0 Å². The summed E-state index contributed by atoms with van der Waals surface area (Å²) in [6.07, 6.45) is 10.7. The largest absolute Gasteiger partial charge is 0.387 e. The van der Waals surface area contributed by atoms with Crippen LogP contribution >= 0.6 is 0 Å². The molecule has 3 unspecified atom stereocenters. The van der Waals surface area contributed by atoms with Crippen molar-refractivity contribution in [3.8, 4) is 0 Å². The van der Waals surface area contributed by atoms with Gasteiger partial charge in [-0.05, 0) is 110 Å². The van der Waals surface area contributed by atoms with Gasteiger partial charge in [0.1, 0.15) is 18.3 Å². The van der Waals surface area contributed by atoms with Crippen LogP contribution in [0.2, 0.25) is 0 Å². The van der Waals surface area contributed by atoms with Crippen LogP contribution in [0.3, 0.4) is 0 Å². The Balaban J connectivity index is 1.26. The zero-order valence-electron chi connectivity index (χ0n) is 25.7. The Bertz CT molecular complexity index is 947. The standard InChI is InChI=1S/C34H56O6/c1-7-21(19(2)3)9-8-20(4)25-12-13-26-24-11-10-22-18-23(39-32-30(37)28(35)29(36)31(38)40-32)14-16-33(22,5)27(24)15-17-34(25,26)6/h8-10,19-21,23-32,35-38H,7,11-18H2,1-6H3/b9-8+/t20-,21-,23+,24?,25-,26?,27?,28-,29-,30+,31-,32+,33+,34-/m1/s1. The molecule has 0 bridgehead atoms. The molecule has 228 valence electrons. The van der Waals surface area contributed by atoms with Gasteiger partial charge in [-0.3, -0.25) is 0 Å². The third-order valence-corrected chi connectivity index (χ3v) is 12.6. The maximum Gasteiger partial charge on any atom is 0.189 e. The average Bonchev–Trinajstić information content (AvgIpc) is 3.28. The maximum absolute atomic E-state index is 10.4. The molecule has 6 heteroatoms. The number of hydrogen-bond acceptors (Lipinski definition) is 6. The highest BCUT2D eigenvalue weighted by molar-refractivity contribution is 5.25. The first kappa shape index (κ1) is 30.7. The van der Waals surface area contributed by atoms with Gasteiger partial charge in [-0.2, -0.15) is 0 Å². The SMILES string of the molecule is CC[C@H](/C=C/[C@@H](C)[C@H]1CCC2C3CC=C4C[C@@H](O[C@H]5O[C@@H](O)[C@H](O)[C@@H](O)[C@@H]5O)CC[C@]4(C)C3CC[C@@]21C)C(C)C. The van der Waals surface area contributed by atoms with Crippen molar-refractivity contribution in [2.75, 3.05) is 0 Å². The lowest BCUT2D eigenvalue weighted by Gasteiger charge is -2.58. The molecule has 40 heavy (non-hydrogen) atoms. The van der Waals surface area contributed by atoms with E-state index in [9.17, 15) is 20.4 Å². The minimum absolute atomic E-state index is 0.139. The molecule has 14 atom stereocenters. The molecule has 5 rings (SSSR count). The van der Waals surface area contributed by atoms with E-state index in [2.05, 4.69) is 59.8 Å². The molecule has 3 saturated carbocycles. The Kier molecular flexibility index (Phi) is 9.00. The highest BCUT2D eigenvalue weighted by Crippen LogP contribution is 2.67. The van der Waals surface area contributed by atoms with Gasteiger partial charge in [-0.1, -0.05) is 65.3 Å². The van der Waals surface area contributed by atoms with Gasteiger partial charge in [0.15, 0.2) is 12.6 Å². The normalized spacial score (nSPS) is 48.8. The lowest BCUT2D eigenvalue weighted by Crippen LogP contribution is -2.59. The van der Waals surface area contributed by atoms with Crippen molar-refractivity contribution >= 4 is 0 Å². The number of allylic oxidation sites excluding steroid dienone is 3. The van der Waals surface area contributed by atoms with E-state index in [1.165, 1.54) is 37.7 Å². The van der Waals surface area contributed by atoms with E-state index in [1.807, 2.05) is 0 Å². The second-order valence-electron chi connectivity index (χ2n) is 14.9. The molecule has 4 fully saturated rings. The molecular weight excluding hydrogens is 504 g/mol. The minimum atomic E-state index is -1.57. The van der Waals surface area contributed by atoms with Crippen molar-refractivity contribution in [2.45, 2.75) is 136 Å². The van der Waals surface area contributed by atoms with Crippen molar-refractivity contribution < 1.29 is 29.9 Å². The second kappa shape index (κ2) is 11.7. The predicted octanol–water partition coefficient (Wildman–Crippen LogP) is 5.58. The number of fused-ring (bicyclic) bond motifs is 5. The summed E-state index contributed by atoms with van der Waals surface area (Å²) in [5.74, 6) is 5.03. The number of hydrogen-bond donors (Lipinski definition) is 4. The summed E-state index contributed by atoms with van der Waals surface area (Å²) in [7, 11) is 0. The van der Waals surface area contributed by atoms with Gasteiger partial charge in [-0.15, -0.1) is 0 Å². The molecule has 1 aliphatic heterocycles. The molecular formula is C34H56O6. The van der Waals surface area contributed by atoms with Gasteiger partial charge >= 0.3 is 0 Å². The molecule has 0 amide bonds. The van der Waals surface area contributed by atoms with Crippen LogP contribution in [-0.2, 0) is 9.47 Å². The highest BCUT2D eigenvalue weighted by Gasteiger charge is 2.59. The fraction of sp³-hybridized carbons (Fsp3) is 0.882. The molecule has 0 aromatic carbocycles. The van der Waals surface area contributed by atoms with Crippen LogP contribution in [0.1, 0.15) is 99.3 Å². The Labute approximate surface area is 242 Å². The molecule has 0 aromatic rings. The van der Waals surface area contributed by atoms with Crippen LogP contribution in [0, 0.1) is 52.3 Å². The number of ether oxygens (including phenoxy) is 2. The number of aliphatic hydroxyl groups excluding tert-OH is 4. The zero-order valence-corrected chi connectivity index (χ0v) is 25.7. The van der Waals surface area contributed by atoms with Crippen molar-refractivity contribution in [3.63, 3.8) is 0 Å². The van der Waals surface area contributed by atoms with Crippen LogP contribution in [-0.4, -0.2) is 57.4 Å². The van der Waals surface area contributed by atoms with Crippen molar-refractivity contribution in [3.05, 3.63) is 23.8 Å². The summed E-state index contributed by atoms with van der Waals surface area (Å²) in [6, 6.07) is 0. The first-order chi connectivity index (χ1) is 18.9. The van der Waals surface area contributed by atoms with E-state index in [4.69, 9.17) is 9.47 Å². The molecule has 0 aromatic heterocycles. The fourth-order valence-electron chi connectivity index (χ4n) is 10.1. The van der Waals surface area contributed by atoms with Crippen molar-refractivity contribution in [1.82, 2.24) is 0 Å². The van der Waals surface area contributed by atoms with Crippen LogP contribution < -0.4 is 0 Å². The predicted molar refractivity (Wildman–Crippen MR) is 156 cm³/mol. The molecule has 0 radical (unpaired) electrons. The van der Waals surface area contributed by atoms with E-state index >= 15 is 0 Å². The fourth-order valence-corrected chi connectivity index (χ4v) is 10.1. The molecule has 0 spiro atoms. The lowest BCUT2D eigenvalue weighted by atomic mass is 9.47. The smallest absolute Gasteiger partial charge is 0.189 e.